The van der Waals surface area contributed by atoms with Gasteiger partial charge in [-0.15, -0.1) is 0 Å². The number of ether oxygens (including phenoxy) is 2. The van der Waals surface area contributed by atoms with Crippen molar-refractivity contribution in [2.45, 2.75) is 24.5 Å². The summed E-state index contributed by atoms with van der Waals surface area (Å²) in [7, 11) is 1.42. The minimum atomic E-state index is -1.07. The number of nitrogens with one attached hydrogen (secondary N) is 1. The largest absolute Gasteiger partial charge is 0.496 e. The molecule has 24 heavy (non-hydrogen) atoms. The van der Waals surface area contributed by atoms with Gasteiger partial charge in [-0.1, -0.05) is 0 Å². The van der Waals surface area contributed by atoms with Crippen molar-refractivity contribution in [2.75, 3.05) is 26.7 Å². The predicted molar refractivity (Wildman–Crippen MR) is 81.4 cm³/mol. The van der Waals surface area contributed by atoms with Crippen LogP contribution in [0.2, 0.25) is 0 Å². The molecular weight excluding hydrogens is 319 g/mol. The second kappa shape index (κ2) is 6.27. The predicted octanol–water partition coefficient (Wildman–Crippen LogP) is 1.53. The number of nitrogens with zero attached hydrogens (tertiary/aromatic N) is 1. The molecule has 2 N–H and O–H groups in total. The van der Waals surface area contributed by atoms with Crippen LogP contribution < -0.4 is 10.1 Å². The smallest absolute Gasteiger partial charge is 0.407 e. The number of carboxylic acids is 1. The number of hydrogen-bond acceptors (Lipinski definition) is 5. The van der Waals surface area contributed by atoms with Crippen LogP contribution in [0.1, 0.15) is 24.4 Å². The van der Waals surface area contributed by atoms with Crippen LogP contribution in [-0.2, 0) is 9.53 Å². The summed E-state index contributed by atoms with van der Waals surface area (Å²) < 4.78 is 24.2. The molecule has 0 saturated carbocycles. The summed E-state index contributed by atoms with van der Waals surface area (Å²) in [5, 5.41) is 12.3. The molecule has 0 aliphatic carbocycles. The quantitative estimate of drug-likeness (QED) is 0.866. The number of methoxy groups -OCH3 is 1. The van der Waals surface area contributed by atoms with Gasteiger partial charge >= 0.3 is 12.1 Å². The van der Waals surface area contributed by atoms with Crippen molar-refractivity contribution < 1.29 is 28.6 Å². The summed E-state index contributed by atoms with van der Waals surface area (Å²) >= 11 is 0. The summed E-state index contributed by atoms with van der Waals surface area (Å²) in [6, 6.07) is 2.84. The van der Waals surface area contributed by atoms with Crippen molar-refractivity contribution in [3.05, 3.63) is 29.6 Å². The Morgan fingerprint density at radius 1 is 1.46 bits per heavy atom. The van der Waals surface area contributed by atoms with Crippen molar-refractivity contribution in [1.82, 2.24) is 10.2 Å². The van der Waals surface area contributed by atoms with Gasteiger partial charge in [-0.05, 0) is 18.2 Å². The van der Waals surface area contributed by atoms with Gasteiger partial charge in [-0.25, -0.2) is 9.18 Å². The third kappa shape index (κ3) is 3.01. The average Bonchev–Trinajstić information content (AvgIpc) is 2.90. The van der Waals surface area contributed by atoms with Gasteiger partial charge in [0.05, 0.1) is 13.7 Å². The number of halogens is 1. The first-order chi connectivity index (χ1) is 11.4. The van der Waals surface area contributed by atoms with Gasteiger partial charge < -0.3 is 19.9 Å². The number of benzene rings is 1. The number of carboxylic acid groups (broad SMARTS) is 1. The van der Waals surface area contributed by atoms with Crippen LogP contribution in [0.3, 0.4) is 0 Å². The molecule has 0 aromatic heterocycles. The van der Waals surface area contributed by atoms with Crippen molar-refractivity contribution in [2.24, 2.45) is 0 Å². The Morgan fingerprint density at radius 2 is 2.17 bits per heavy atom. The van der Waals surface area contributed by atoms with E-state index in [0.717, 1.165) is 0 Å². The van der Waals surface area contributed by atoms with E-state index in [1.165, 1.54) is 25.3 Å². The monoisotopic (exact) mass is 338 g/mol. The van der Waals surface area contributed by atoms with Crippen LogP contribution >= 0.6 is 0 Å². The second-order valence-electron chi connectivity index (χ2n) is 6.09. The first kappa shape index (κ1) is 16.5. The van der Waals surface area contributed by atoms with Crippen LogP contribution in [0.4, 0.5) is 9.18 Å². The standard InChI is InChI=1S/C16H19FN2O5/c1-23-12-3-2-10(17)8-11(12)13(14(20)21)19-6-4-16(5-7-19)9-18-15(22)24-16/h2-3,8,13H,4-7,9H2,1H3,(H,18,22)(H,20,21). The molecule has 2 fully saturated rings. The lowest BCUT2D eigenvalue weighted by Gasteiger charge is -2.39. The molecule has 1 atom stereocenters. The van der Waals surface area contributed by atoms with Gasteiger partial charge in [0.15, 0.2) is 0 Å². The molecule has 2 aliphatic rings. The van der Waals surface area contributed by atoms with Gasteiger partial charge in [0, 0.05) is 31.5 Å². The van der Waals surface area contributed by atoms with E-state index in [0.29, 0.717) is 38.2 Å². The van der Waals surface area contributed by atoms with Crippen LogP contribution in [0.15, 0.2) is 18.2 Å². The number of amides is 1. The lowest BCUT2D eigenvalue weighted by Crippen LogP contribution is -2.49. The highest BCUT2D eigenvalue weighted by Crippen LogP contribution is 2.36. The summed E-state index contributed by atoms with van der Waals surface area (Å²) in [4.78, 5) is 24.9. The van der Waals surface area contributed by atoms with E-state index in [9.17, 15) is 19.1 Å². The third-order valence-electron chi connectivity index (χ3n) is 4.66. The molecule has 1 aromatic carbocycles. The fourth-order valence-electron chi connectivity index (χ4n) is 3.38. The number of alkyl carbamates (subject to hydrolysis) is 1. The number of piperidine rings is 1. The molecule has 2 heterocycles. The number of aliphatic carboxylic acids is 1. The fourth-order valence-corrected chi connectivity index (χ4v) is 3.38. The van der Waals surface area contributed by atoms with Gasteiger partial charge in [0.25, 0.3) is 0 Å². The second-order valence-corrected chi connectivity index (χ2v) is 6.09. The van der Waals surface area contributed by atoms with Crippen molar-refractivity contribution >= 4 is 12.1 Å². The van der Waals surface area contributed by atoms with E-state index in [1.54, 1.807) is 4.90 Å². The van der Waals surface area contributed by atoms with Crippen molar-refractivity contribution in [1.29, 1.82) is 0 Å². The number of carbonyl (C=O) groups is 2. The first-order valence-corrected chi connectivity index (χ1v) is 7.71. The number of likely N-dealkylation sites (tertiary alicyclic amines) is 1. The van der Waals surface area contributed by atoms with Crippen LogP contribution in [0.5, 0.6) is 5.75 Å². The highest BCUT2D eigenvalue weighted by molar-refractivity contribution is 5.77. The Morgan fingerprint density at radius 3 is 2.71 bits per heavy atom. The summed E-state index contributed by atoms with van der Waals surface area (Å²) in [6.45, 7) is 1.28. The maximum Gasteiger partial charge on any atom is 0.407 e. The zero-order valence-electron chi connectivity index (χ0n) is 13.3. The summed E-state index contributed by atoms with van der Waals surface area (Å²) in [5.41, 5.74) is -0.287. The topological polar surface area (TPSA) is 88.1 Å². The third-order valence-corrected chi connectivity index (χ3v) is 4.66. The Balaban J connectivity index is 1.82. The Kier molecular flexibility index (Phi) is 4.31. The molecule has 1 amide bonds. The molecular formula is C16H19FN2O5. The summed E-state index contributed by atoms with van der Waals surface area (Å²) in [6.07, 6.45) is 0.602. The van der Waals surface area contributed by atoms with E-state index in [2.05, 4.69) is 5.32 Å². The molecule has 1 unspecified atom stereocenters. The maximum atomic E-state index is 13.6. The fraction of sp³-hybridized carbons (Fsp3) is 0.500. The van der Waals surface area contributed by atoms with Gasteiger partial charge in [-0.3, -0.25) is 9.69 Å². The molecule has 8 heteroatoms. The van der Waals surface area contributed by atoms with Crippen LogP contribution in [-0.4, -0.2) is 54.4 Å². The molecule has 130 valence electrons. The van der Waals surface area contributed by atoms with Crippen LogP contribution in [0.25, 0.3) is 0 Å². The van der Waals surface area contributed by atoms with Gasteiger partial charge in [-0.2, -0.15) is 0 Å². The lowest BCUT2D eigenvalue weighted by molar-refractivity contribution is -0.145. The maximum absolute atomic E-state index is 13.6. The molecule has 0 radical (unpaired) electrons. The minimum Gasteiger partial charge on any atom is -0.496 e. The molecule has 1 spiro atoms. The SMILES string of the molecule is COc1ccc(F)cc1C(C(=O)O)N1CCC2(CC1)CNC(=O)O2. The van der Waals surface area contributed by atoms with Gasteiger partial charge in [0.1, 0.15) is 23.2 Å². The van der Waals surface area contributed by atoms with E-state index in [-0.39, 0.29) is 5.56 Å². The molecule has 0 bridgehead atoms. The Bertz CT molecular complexity index is 658. The normalized spacial score (nSPS) is 21.2. The summed E-state index contributed by atoms with van der Waals surface area (Å²) in [5.74, 6) is -1.26. The highest BCUT2D eigenvalue weighted by Gasteiger charge is 2.45. The Hall–Kier alpha value is -2.35. The minimum absolute atomic E-state index is 0.280. The van der Waals surface area contributed by atoms with Gasteiger partial charge in [0.2, 0.25) is 0 Å². The molecule has 7 nitrogen and oxygen atoms in total. The zero-order chi connectivity index (χ0) is 17.3. The number of rotatable bonds is 4. The van der Waals surface area contributed by atoms with E-state index >= 15 is 0 Å². The van der Waals surface area contributed by atoms with E-state index in [1.807, 2.05) is 0 Å². The number of carbonyl (C=O) groups excluding carboxylic acids is 1. The Labute approximate surface area is 138 Å². The average molecular weight is 338 g/mol. The van der Waals surface area contributed by atoms with Crippen molar-refractivity contribution in [3.8, 4) is 5.75 Å². The molecule has 2 aliphatic heterocycles. The van der Waals surface area contributed by atoms with E-state index in [4.69, 9.17) is 9.47 Å². The lowest BCUT2D eigenvalue weighted by atomic mass is 9.90. The van der Waals surface area contributed by atoms with Crippen molar-refractivity contribution in [3.63, 3.8) is 0 Å². The highest BCUT2D eigenvalue weighted by atomic mass is 19.1. The molecule has 2 saturated heterocycles. The van der Waals surface area contributed by atoms with Crippen LogP contribution in [0, 0.1) is 5.82 Å². The molecule has 3 rings (SSSR count). The molecule has 1 aromatic rings. The van der Waals surface area contributed by atoms with E-state index < -0.39 is 29.5 Å². The zero-order valence-corrected chi connectivity index (χ0v) is 13.3. The first-order valence-electron chi connectivity index (χ1n) is 7.71. The number of hydrogen-bond donors (Lipinski definition) is 2.